The molecule has 3 amide bonds. The van der Waals surface area contributed by atoms with Gasteiger partial charge in [-0.25, -0.2) is 14.6 Å². The van der Waals surface area contributed by atoms with Gasteiger partial charge in [0.15, 0.2) is 6.61 Å². The van der Waals surface area contributed by atoms with Crippen molar-refractivity contribution in [3.05, 3.63) is 76.5 Å². The first kappa shape index (κ1) is 23.7. The molecule has 0 spiro atoms. The average Bonchev–Trinajstić information content (AvgIpc) is 3.52. The van der Waals surface area contributed by atoms with E-state index in [1.165, 1.54) is 5.56 Å². The molecular formula is C29H29N3O4. The van der Waals surface area contributed by atoms with Crippen molar-refractivity contribution in [1.82, 2.24) is 15.6 Å². The number of ether oxygens (including phenoxy) is 1. The Morgan fingerprint density at radius 2 is 1.78 bits per heavy atom. The Balaban J connectivity index is 1.35. The Kier molecular flexibility index (Phi) is 6.80. The summed E-state index contributed by atoms with van der Waals surface area (Å²) in [5.41, 5.74) is 6.09. The summed E-state index contributed by atoms with van der Waals surface area (Å²) in [7, 11) is 0. The second-order valence-electron chi connectivity index (χ2n) is 9.49. The molecular weight excluding hydrogens is 454 g/mol. The van der Waals surface area contributed by atoms with Crippen LogP contribution in [-0.4, -0.2) is 35.5 Å². The van der Waals surface area contributed by atoms with E-state index in [1.54, 1.807) is 0 Å². The Labute approximate surface area is 209 Å². The average molecular weight is 484 g/mol. The van der Waals surface area contributed by atoms with E-state index >= 15 is 0 Å². The van der Waals surface area contributed by atoms with Gasteiger partial charge in [-0.15, -0.1) is 0 Å². The van der Waals surface area contributed by atoms with Gasteiger partial charge in [0.2, 0.25) is 0 Å². The molecule has 1 fully saturated rings. The maximum atomic E-state index is 13.2. The number of aryl methyl sites for hydroxylation is 1. The molecule has 1 aromatic heterocycles. The lowest BCUT2D eigenvalue weighted by molar-refractivity contribution is -0.123. The highest BCUT2D eigenvalue weighted by atomic mass is 16.5. The third-order valence-electron chi connectivity index (χ3n) is 6.84. The molecule has 2 aromatic carbocycles. The second kappa shape index (κ2) is 10.3. The number of esters is 1. The highest BCUT2D eigenvalue weighted by Gasteiger charge is 2.28. The quantitative estimate of drug-likeness (QED) is 0.500. The molecule has 0 bridgehead atoms. The minimum atomic E-state index is -0.659. The van der Waals surface area contributed by atoms with Gasteiger partial charge in [-0.2, -0.15) is 0 Å². The first-order valence-electron chi connectivity index (χ1n) is 12.4. The highest BCUT2D eigenvalue weighted by molar-refractivity contribution is 6.08. The lowest BCUT2D eigenvalue weighted by atomic mass is 10.0. The Hall–Kier alpha value is -4.00. The fourth-order valence-electron chi connectivity index (χ4n) is 5.03. The molecule has 0 radical (unpaired) electrons. The zero-order valence-electron chi connectivity index (χ0n) is 20.3. The van der Waals surface area contributed by atoms with E-state index in [0.29, 0.717) is 22.9 Å². The molecule has 0 saturated heterocycles. The van der Waals surface area contributed by atoms with Crippen LogP contribution in [0, 0.1) is 6.92 Å². The van der Waals surface area contributed by atoms with Crippen LogP contribution in [0.3, 0.4) is 0 Å². The fourth-order valence-corrected chi connectivity index (χ4v) is 5.03. The Bertz CT molecular complexity index is 1350. The molecule has 2 aliphatic carbocycles. The number of allylic oxidation sites excluding steroid dienone is 1. The molecule has 1 saturated carbocycles. The molecule has 1 heterocycles. The van der Waals surface area contributed by atoms with Gasteiger partial charge in [-0.3, -0.25) is 10.1 Å². The van der Waals surface area contributed by atoms with Gasteiger partial charge in [0, 0.05) is 11.4 Å². The van der Waals surface area contributed by atoms with Gasteiger partial charge in [-0.05, 0) is 61.4 Å². The van der Waals surface area contributed by atoms with Crippen LogP contribution in [0.4, 0.5) is 4.79 Å². The number of imide groups is 1. The number of benzene rings is 2. The van der Waals surface area contributed by atoms with Crippen LogP contribution < -0.4 is 10.6 Å². The van der Waals surface area contributed by atoms with Crippen LogP contribution in [0.15, 0.2) is 48.5 Å². The number of aromatic nitrogens is 1. The summed E-state index contributed by atoms with van der Waals surface area (Å²) in [6.07, 6.45) is 7.50. The lowest BCUT2D eigenvalue weighted by Crippen LogP contribution is -2.45. The van der Waals surface area contributed by atoms with Crippen molar-refractivity contribution in [1.29, 1.82) is 0 Å². The van der Waals surface area contributed by atoms with E-state index in [0.717, 1.165) is 54.5 Å². The van der Waals surface area contributed by atoms with Crippen molar-refractivity contribution in [3.63, 3.8) is 0 Å². The van der Waals surface area contributed by atoms with Crippen LogP contribution >= 0.6 is 0 Å². The van der Waals surface area contributed by atoms with Gasteiger partial charge in [0.25, 0.3) is 5.91 Å². The van der Waals surface area contributed by atoms with Crippen LogP contribution in [0.1, 0.15) is 64.8 Å². The summed E-state index contributed by atoms with van der Waals surface area (Å²) in [4.78, 5) is 42.4. The van der Waals surface area contributed by atoms with Crippen molar-refractivity contribution in [2.75, 3.05) is 6.61 Å². The van der Waals surface area contributed by atoms with Crippen molar-refractivity contribution >= 4 is 40.5 Å². The van der Waals surface area contributed by atoms with E-state index < -0.39 is 24.5 Å². The summed E-state index contributed by atoms with van der Waals surface area (Å²) >= 11 is 0. The first-order chi connectivity index (χ1) is 17.5. The van der Waals surface area contributed by atoms with Gasteiger partial charge in [0.05, 0.1) is 16.8 Å². The predicted octanol–water partition coefficient (Wildman–Crippen LogP) is 4.96. The van der Waals surface area contributed by atoms with Gasteiger partial charge < -0.3 is 10.1 Å². The number of pyridine rings is 1. The smallest absolute Gasteiger partial charge is 0.339 e. The molecule has 2 aliphatic rings. The van der Waals surface area contributed by atoms with Crippen LogP contribution in [0.5, 0.6) is 0 Å². The summed E-state index contributed by atoms with van der Waals surface area (Å²) < 4.78 is 5.38. The predicted molar refractivity (Wildman–Crippen MR) is 138 cm³/mol. The first-order valence-corrected chi connectivity index (χ1v) is 12.4. The van der Waals surface area contributed by atoms with E-state index in [-0.39, 0.29) is 6.04 Å². The number of rotatable bonds is 5. The van der Waals surface area contributed by atoms with E-state index in [1.807, 2.05) is 24.3 Å². The maximum absolute atomic E-state index is 13.2. The monoisotopic (exact) mass is 483 g/mol. The fraction of sp³-hybridized carbons (Fsp3) is 0.310. The number of nitrogens with zero attached hydrogens (tertiary/aromatic N) is 1. The topological polar surface area (TPSA) is 97.4 Å². The number of carbonyl (C=O) groups is 3. The summed E-state index contributed by atoms with van der Waals surface area (Å²) in [5.74, 6) is -1.25. The van der Waals surface area contributed by atoms with E-state index in [2.05, 4.69) is 47.9 Å². The van der Waals surface area contributed by atoms with Crippen LogP contribution in [0.2, 0.25) is 0 Å². The molecule has 3 aromatic rings. The van der Waals surface area contributed by atoms with Gasteiger partial charge in [-0.1, -0.05) is 60.9 Å². The molecule has 2 N–H and O–H groups in total. The molecule has 5 rings (SSSR count). The molecule has 0 unspecified atom stereocenters. The van der Waals surface area contributed by atoms with Crippen molar-refractivity contribution in [3.8, 4) is 0 Å². The van der Waals surface area contributed by atoms with E-state index in [9.17, 15) is 14.4 Å². The standard InChI is InChI=1S/C29H29N3O4/c1-18-10-12-19(13-11-18)16-20-14-15-23-26(22-8-4-5-9-24(22)31-27(20)23)28(34)36-17-25(33)32-29(35)30-21-6-2-3-7-21/h4-5,8-13,16,21H,2-3,6-7,14-15,17H2,1H3,(H2,30,32,33,35)/b20-16+. The van der Waals surface area contributed by atoms with Crippen LogP contribution in [0.25, 0.3) is 22.6 Å². The van der Waals surface area contributed by atoms with E-state index in [4.69, 9.17) is 9.72 Å². The zero-order valence-corrected chi connectivity index (χ0v) is 20.3. The molecule has 7 heteroatoms. The summed E-state index contributed by atoms with van der Waals surface area (Å²) in [6.45, 7) is 1.52. The normalized spacial score (nSPS) is 16.2. The number of urea groups is 1. The third-order valence-corrected chi connectivity index (χ3v) is 6.84. The summed E-state index contributed by atoms with van der Waals surface area (Å²) in [6, 6.07) is 15.3. The third kappa shape index (κ3) is 5.15. The van der Waals surface area contributed by atoms with Crippen LogP contribution in [-0.2, 0) is 16.0 Å². The van der Waals surface area contributed by atoms with Gasteiger partial charge in [0.1, 0.15) is 0 Å². The minimum Gasteiger partial charge on any atom is -0.452 e. The number of nitrogens with one attached hydrogen (secondary N) is 2. The summed E-state index contributed by atoms with van der Waals surface area (Å²) in [5, 5.41) is 5.73. The molecule has 184 valence electrons. The number of hydrogen-bond donors (Lipinski definition) is 2. The molecule has 0 aliphatic heterocycles. The van der Waals surface area contributed by atoms with Gasteiger partial charge >= 0.3 is 12.0 Å². The Morgan fingerprint density at radius 1 is 1.03 bits per heavy atom. The minimum absolute atomic E-state index is 0.0910. The molecule has 0 atom stereocenters. The SMILES string of the molecule is Cc1ccc(/C=C2\CCc3c2nc2ccccc2c3C(=O)OCC(=O)NC(=O)NC2CCCC2)cc1. The number of amides is 3. The Morgan fingerprint density at radius 3 is 2.56 bits per heavy atom. The number of para-hydroxylation sites is 1. The highest BCUT2D eigenvalue weighted by Crippen LogP contribution is 2.37. The van der Waals surface area contributed by atoms with Crippen molar-refractivity contribution < 1.29 is 19.1 Å². The molecule has 7 nitrogen and oxygen atoms in total. The lowest BCUT2D eigenvalue weighted by Gasteiger charge is -2.14. The van der Waals surface area contributed by atoms with Crippen molar-refractivity contribution in [2.45, 2.75) is 51.5 Å². The second-order valence-corrected chi connectivity index (χ2v) is 9.49. The molecule has 36 heavy (non-hydrogen) atoms. The zero-order chi connectivity index (χ0) is 25.1. The largest absolute Gasteiger partial charge is 0.452 e. The number of carbonyl (C=O) groups excluding carboxylic acids is 3. The number of fused-ring (bicyclic) bond motifs is 2. The van der Waals surface area contributed by atoms with Crippen molar-refractivity contribution in [2.24, 2.45) is 0 Å². The number of hydrogen-bond acceptors (Lipinski definition) is 5. The maximum Gasteiger partial charge on any atom is 0.339 e.